The molecule has 124 valence electrons. The van der Waals surface area contributed by atoms with Gasteiger partial charge in [-0.25, -0.2) is 0 Å². The Morgan fingerprint density at radius 3 is 2.65 bits per heavy atom. The Kier molecular flexibility index (Phi) is 4.59. The summed E-state index contributed by atoms with van der Waals surface area (Å²) in [4.78, 5) is 26.2. The van der Waals surface area contributed by atoms with Gasteiger partial charge in [0.1, 0.15) is 5.56 Å². The predicted molar refractivity (Wildman–Crippen MR) is 89.9 cm³/mol. The molecule has 3 rings (SSSR count). The van der Waals surface area contributed by atoms with Gasteiger partial charge in [-0.1, -0.05) is 0 Å². The molecular formula is C16H21N3O3S. The topological polar surface area (TPSA) is 75.5 Å². The Labute approximate surface area is 139 Å². The minimum Gasteiger partial charge on any atom is -0.338 e. The van der Waals surface area contributed by atoms with E-state index in [9.17, 15) is 14.9 Å². The molecule has 1 aromatic rings. The van der Waals surface area contributed by atoms with E-state index in [1.54, 1.807) is 17.0 Å². The predicted octanol–water partition coefficient (Wildman–Crippen LogP) is 2.53. The zero-order valence-electron chi connectivity index (χ0n) is 13.2. The number of nitro groups is 1. The van der Waals surface area contributed by atoms with E-state index in [4.69, 9.17) is 0 Å². The molecular weight excluding hydrogens is 314 g/mol. The van der Waals surface area contributed by atoms with Crippen LogP contribution in [0.3, 0.4) is 0 Å². The summed E-state index contributed by atoms with van der Waals surface area (Å²) in [7, 11) is 0. The second-order valence-electron chi connectivity index (χ2n) is 6.36. The van der Waals surface area contributed by atoms with Crippen LogP contribution >= 0.6 is 11.8 Å². The number of piperidine rings is 1. The maximum absolute atomic E-state index is 12.8. The van der Waals surface area contributed by atoms with Crippen molar-refractivity contribution in [1.82, 2.24) is 10.2 Å². The molecule has 6 nitrogen and oxygen atoms in total. The first-order valence-electron chi connectivity index (χ1n) is 7.87. The van der Waals surface area contributed by atoms with Gasteiger partial charge in [0.25, 0.3) is 11.6 Å². The number of benzene rings is 1. The molecule has 2 heterocycles. The van der Waals surface area contributed by atoms with Crippen LogP contribution in [-0.2, 0) is 0 Å². The summed E-state index contributed by atoms with van der Waals surface area (Å²) in [5.74, 6) is -0.214. The van der Waals surface area contributed by atoms with Crippen molar-refractivity contribution in [3.05, 3.63) is 33.9 Å². The second-order valence-corrected chi connectivity index (χ2v) is 7.24. The number of likely N-dealkylation sites (tertiary alicyclic amines) is 1. The fourth-order valence-electron chi connectivity index (χ4n) is 3.55. The molecule has 1 N–H and O–H groups in total. The molecule has 23 heavy (non-hydrogen) atoms. The molecule has 2 fully saturated rings. The molecule has 1 amide bonds. The summed E-state index contributed by atoms with van der Waals surface area (Å²) in [5, 5.41) is 14.6. The number of nitro benzene ring substituents is 1. The lowest BCUT2D eigenvalue weighted by molar-refractivity contribution is -0.385. The summed E-state index contributed by atoms with van der Waals surface area (Å²) >= 11 is 1.48. The number of hydrogen-bond acceptors (Lipinski definition) is 5. The van der Waals surface area contributed by atoms with Gasteiger partial charge in [-0.3, -0.25) is 14.9 Å². The maximum Gasteiger partial charge on any atom is 0.282 e. The Morgan fingerprint density at radius 2 is 2.09 bits per heavy atom. The van der Waals surface area contributed by atoms with Crippen LogP contribution < -0.4 is 5.32 Å². The minimum atomic E-state index is -0.469. The zero-order valence-corrected chi connectivity index (χ0v) is 14.0. The quantitative estimate of drug-likeness (QED) is 0.522. The summed E-state index contributed by atoms with van der Waals surface area (Å²) in [6.45, 7) is 3.44. The highest BCUT2D eigenvalue weighted by Crippen LogP contribution is 2.37. The lowest BCUT2D eigenvalue weighted by atomic mass is 9.78. The fraction of sp³-hybridized carbons (Fsp3) is 0.562. The maximum atomic E-state index is 12.8. The van der Waals surface area contributed by atoms with E-state index in [0.29, 0.717) is 18.5 Å². The molecule has 0 bridgehead atoms. The van der Waals surface area contributed by atoms with E-state index in [2.05, 4.69) is 5.32 Å². The van der Waals surface area contributed by atoms with E-state index in [1.165, 1.54) is 17.8 Å². The highest BCUT2D eigenvalue weighted by Gasteiger charge is 2.39. The van der Waals surface area contributed by atoms with Crippen molar-refractivity contribution >= 4 is 23.4 Å². The lowest BCUT2D eigenvalue weighted by Gasteiger charge is -2.38. The third-order valence-electron chi connectivity index (χ3n) is 5.07. The van der Waals surface area contributed by atoms with Crippen LogP contribution in [0.15, 0.2) is 23.1 Å². The van der Waals surface area contributed by atoms with Crippen molar-refractivity contribution in [2.24, 2.45) is 5.41 Å². The molecule has 2 saturated heterocycles. The number of nitrogens with zero attached hydrogens (tertiary/aromatic N) is 2. The van der Waals surface area contributed by atoms with Gasteiger partial charge in [0.2, 0.25) is 0 Å². The molecule has 7 heteroatoms. The number of carbonyl (C=O) groups excluding carboxylic acids is 1. The van der Waals surface area contributed by atoms with Crippen molar-refractivity contribution in [2.45, 2.75) is 24.2 Å². The third-order valence-corrected chi connectivity index (χ3v) is 5.80. The van der Waals surface area contributed by atoms with Crippen LogP contribution in [0.25, 0.3) is 0 Å². The van der Waals surface area contributed by atoms with Gasteiger partial charge < -0.3 is 10.2 Å². The summed E-state index contributed by atoms with van der Waals surface area (Å²) in [6.07, 6.45) is 5.01. The Hall–Kier alpha value is -1.60. The molecule has 0 aromatic heterocycles. The summed E-state index contributed by atoms with van der Waals surface area (Å²) in [6, 6.07) is 4.77. The smallest absolute Gasteiger partial charge is 0.282 e. The SMILES string of the molecule is CSc1ccc([N+](=O)[O-])c(C(=O)N2CCC3(CCNC3)CC2)c1. The van der Waals surface area contributed by atoms with Crippen molar-refractivity contribution in [3.63, 3.8) is 0 Å². The number of thioether (sulfide) groups is 1. The van der Waals surface area contributed by atoms with Gasteiger partial charge >= 0.3 is 0 Å². The van der Waals surface area contributed by atoms with Gasteiger partial charge in [0, 0.05) is 30.6 Å². The standard InChI is InChI=1S/C16H21N3O3S/c1-23-12-2-3-14(19(21)22)13(10-12)15(20)18-8-5-16(6-9-18)4-7-17-11-16/h2-3,10,17H,4-9,11H2,1H3. The molecule has 1 spiro atoms. The highest BCUT2D eigenvalue weighted by molar-refractivity contribution is 7.98. The van der Waals surface area contributed by atoms with Crippen LogP contribution in [0.5, 0.6) is 0 Å². The Balaban J connectivity index is 1.79. The van der Waals surface area contributed by atoms with Crippen molar-refractivity contribution in [2.75, 3.05) is 32.4 Å². The largest absolute Gasteiger partial charge is 0.338 e. The lowest BCUT2D eigenvalue weighted by Crippen LogP contribution is -2.44. The van der Waals surface area contributed by atoms with Gasteiger partial charge in [-0.2, -0.15) is 0 Å². The van der Waals surface area contributed by atoms with E-state index in [-0.39, 0.29) is 17.2 Å². The monoisotopic (exact) mass is 335 g/mol. The zero-order chi connectivity index (χ0) is 16.4. The molecule has 2 aliphatic heterocycles. The molecule has 1 aromatic carbocycles. The number of rotatable bonds is 3. The van der Waals surface area contributed by atoms with Gasteiger partial charge in [-0.15, -0.1) is 11.8 Å². The van der Waals surface area contributed by atoms with E-state index in [0.717, 1.165) is 37.2 Å². The molecule has 0 saturated carbocycles. The molecule has 0 atom stereocenters. The van der Waals surface area contributed by atoms with Crippen molar-refractivity contribution < 1.29 is 9.72 Å². The first kappa shape index (κ1) is 16.3. The van der Waals surface area contributed by atoms with Crippen LogP contribution in [-0.4, -0.2) is 48.2 Å². The number of hydrogen-bond donors (Lipinski definition) is 1. The first-order valence-corrected chi connectivity index (χ1v) is 9.10. The van der Waals surface area contributed by atoms with Crippen LogP contribution in [0, 0.1) is 15.5 Å². The number of nitrogens with one attached hydrogen (secondary N) is 1. The Morgan fingerprint density at radius 1 is 1.35 bits per heavy atom. The van der Waals surface area contributed by atoms with E-state index < -0.39 is 4.92 Å². The molecule has 0 radical (unpaired) electrons. The molecule has 0 unspecified atom stereocenters. The van der Waals surface area contributed by atoms with Gasteiger partial charge in [0.15, 0.2) is 0 Å². The van der Waals surface area contributed by atoms with Crippen molar-refractivity contribution in [1.29, 1.82) is 0 Å². The van der Waals surface area contributed by atoms with Crippen LogP contribution in [0.1, 0.15) is 29.6 Å². The summed E-state index contributed by atoms with van der Waals surface area (Å²) in [5.41, 5.74) is 0.432. The fourth-order valence-corrected chi connectivity index (χ4v) is 3.99. The first-order chi connectivity index (χ1) is 11.0. The summed E-state index contributed by atoms with van der Waals surface area (Å²) < 4.78 is 0. The van der Waals surface area contributed by atoms with Gasteiger partial charge in [-0.05, 0) is 49.6 Å². The highest BCUT2D eigenvalue weighted by atomic mass is 32.2. The van der Waals surface area contributed by atoms with Crippen LogP contribution in [0.2, 0.25) is 0 Å². The number of amides is 1. The third kappa shape index (κ3) is 3.21. The van der Waals surface area contributed by atoms with Crippen molar-refractivity contribution in [3.8, 4) is 0 Å². The molecule has 0 aliphatic carbocycles. The average molecular weight is 335 g/mol. The second kappa shape index (κ2) is 6.49. The number of carbonyl (C=O) groups is 1. The van der Waals surface area contributed by atoms with Gasteiger partial charge in [0.05, 0.1) is 4.92 Å². The van der Waals surface area contributed by atoms with E-state index >= 15 is 0 Å². The molecule has 2 aliphatic rings. The Bertz CT molecular complexity index is 619. The minimum absolute atomic E-state index is 0.101. The normalized spacial score (nSPS) is 20.0. The van der Waals surface area contributed by atoms with E-state index in [1.807, 2.05) is 6.26 Å². The van der Waals surface area contributed by atoms with Crippen LogP contribution in [0.4, 0.5) is 5.69 Å². The average Bonchev–Trinajstić information content (AvgIpc) is 3.02.